The van der Waals surface area contributed by atoms with Gasteiger partial charge in [0.1, 0.15) is 23.0 Å². The van der Waals surface area contributed by atoms with Crippen molar-refractivity contribution in [2.75, 3.05) is 16.6 Å². The standard InChI is InChI=1S/C36H36N2O10S/c1-4-5-20-46-26-11-15-30(16-12-26)49(44,45)38-32-17-13-28(21-25(32)8-19-34(39)40)48-29-14-18-33(31(22-29)36(42)43)37-35(41)24-6-9-27(10-7-24)47-23(2)3/h6-19,21-23,38H,4-5,20H2,1-3H3,(H,37,41)(H,39,40)(H,42,43). The van der Waals surface area contributed by atoms with E-state index in [1.807, 2.05) is 20.8 Å². The molecule has 4 aromatic rings. The largest absolute Gasteiger partial charge is 0.494 e. The van der Waals surface area contributed by atoms with Crippen LogP contribution in [0.15, 0.2) is 95.9 Å². The maximum Gasteiger partial charge on any atom is 0.337 e. The summed E-state index contributed by atoms with van der Waals surface area (Å²) < 4.78 is 45.9. The Kier molecular flexibility index (Phi) is 12.0. The SMILES string of the molecule is CCCCOc1ccc(S(=O)(=O)Nc2ccc(Oc3ccc(NC(=O)c4ccc(OC(C)C)cc4)c(C(=O)O)c3)cc2C=CC(=O)O)cc1. The maximum absolute atomic E-state index is 13.2. The van der Waals surface area contributed by atoms with E-state index in [0.29, 0.717) is 23.7 Å². The zero-order valence-corrected chi connectivity index (χ0v) is 27.8. The molecule has 1 amide bonds. The predicted octanol–water partition coefficient (Wildman–Crippen LogP) is 7.29. The van der Waals surface area contributed by atoms with Gasteiger partial charge in [-0.3, -0.25) is 9.52 Å². The molecule has 0 unspecified atom stereocenters. The van der Waals surface area contributed by atoms with E-state index in [9.17, 15) is 33.0 Å². The van der Waals surface area contributed by atoms with Crippen molar-refractivity contribution >= 4 is 45.3 Å². The minimum atomic E-state index is -4.08. The lowest BCUT2D eigenvalue weighted by molar-refractivity contribution is -0.131. The Morgan fingerprint density at radius 1 is 0.816 bits per heavy atom. The quantitative estimate of drug-likeness (QED) is 0.0690. The minimum Gasteiger partial charge on any atom is -0.494 e. The van der Waals surface area contributed by atoms with Crippen LogP contribution in [0.1, 0.15) is 59.9 Å². The molecule has 4 N–H and O–H groups in total. The molecule has 0 spiro atoms. The molecular formula is C36H36N2O10S. The number of anilines is 2. The summed E-state index contributed by atoms with van der Waals surface area (Å²) in [5, 5.41) is 21.7. The van der Waals surface area contributed by atoms with E-state index in [-0.39, 0.29) is 45.0 Å². The average Bonchev–Trinajstić information content (AvgIpc) is 3.05. The molecule has 0 fully saturated rings. The van der Waals surface area contributed by atoms with Crippen molar-refractivity contribution in [1.82, 2.24) is 0 Å². The van der Waals surface area contributed by atoms with Crippen LogP contribution in [-0.2, 0) is 14.8 Å². The molecule has 0 bridgehead atoms. The van der Waals surface area contributed by atoms with Gasteiger partial charge in [0.2, 0.25) is 0 Å². The minimum absolute atomic E-state index is 0.0303. The molecule has 0 radical (unpaired) electrons. The lowest BCUT2D eigenvalue weighted by atomic mass is 10.1. The van der Waals surface area contributed by atoms with Crippen molar-refractivity contribution in [3.8, 4) is 23.0 Å². The number of carboxylic acids is 2. The lowest BCUT2D eigenvalue weighted by Gasteiger charge is -2.15. The number of hydrogen-bond acceptors (Lipinski definition) is 8. The number of carbonyl (C=O) groups is 3. The molecule has 0 aliphatic heterocycles. The fraction of sp³-hybridized carbons (Fsp3) is 0.194. The molecule has 4 aromatic carbocycles. The van der Waals surface area contributed by atoms with Crippen molar-refractivity contribution in [3.63, 3.8) is 0 Å². The van der Waals surface area contributed by atoms with Gasteiger partial charge in [0.25, 0.3) is 15.9 Å². The summed E-state index contributed by atoms with van der Waals surface area (Å²) in [7, 11) is -4.08. The summed E-state index contributed by atoms with van der Waals surface area (Å²) in [6, 6.07) is 20.6. The van der Waals surface area contributed by atoms with Crippen LogP contribution < -0.4 is 24.2 Å². The first kappa shape index (κ1) is 36.0. The van der Waals surface area contributed by atoms with Crippen LogP contribution in [-0.4, -0.2) is 49.2 Å². The molecule has 0 atom stereocenters. The molecule has 49 heavy (non-hydrogen) atoms. The van der Waals surface area contributed by atoms with Crippen molar-refractivity contribution in [3.05, 3.63) is 108 Å². The van der Waals surface area contributed by atoms with Gasteiger partial charge in [-0.1, -0.05) is 13.3 Å². The van der Waals surface area contributed by atoms with Crippen molar-refractivity contribution in [2.45, 2.75) is 44.6 Å². The third kappa shape index (κ3) is 10.3. The number of benzene rings is 4. The van der Waals surface area contributed by atoms with Gasteiger partial charge in [-0.05, 0) is 111 Å². The number of hydrogen-bond donors (Lipinski definition) is 4. The zero-order valence-electron chi connectivity index (χ0n) is 27.0. The van der Waals surface area contributed by atoms with Crippen LogP contribution in [0.25, 0.3) is 6.08 Å². The van der Waals surface area contributed by atoms with Gasteiger partial charge < -0.3 is 29.7 Å². The zero-order chi connectivity index (χ0) is 35.6. The first-order valence-corrected chi connectivity index (χ1v) is 16.8. The Hall–Kier alpha value is -5.82. The van der Waals surface area contributed by atoms with Crippen LogP contribution in [0.4, 0.5) is 11.4 Å². The Bertz CT molecular complexity index is 1940. The van der Waals surface area contributed by atoms with Gasteiger partial charge >= 0.3 is 11.9 Å². The highest BCUT2D eigenvalue weighted by molar-refractivity contribution is 7.92. The normalized spacial score (nSPS) is 11.3. The van der Waals surface area contributed by atoms with Gasteiger partial charge in [-0.2, -0.15) is 0 Å². The molecule has 4 rings (SSSR count). The van der Waals surface area contributed by atoms with E-state index in [4.69, 9.17) is 14.2 Å². The third-order valence-electron chi connectivity index (χ3n) is 6.77. The predicted molar refractivity (Wildman–Crippen MR) is 184 cm³/mol. The summed E-state index contributed by atoms with van der Waals surface area (Å²) in [6.07, 6.45) is 3.81. The molecule has 0 aliphatic rings. The van der Waals surface area contributed by atoms with Gasteiger partial charge in [-0.25, -0.2) is 18.0 Å². The summed E-state index contributed by atoms with van der Waals surface area (Å²) in [5.41, 5.74) is 0.306. The van der Waals surface area contributed by atoms with E-state index in [0.717, 1.165) is 18.9 Å². The number of carbonyl (C=O) groups excluding carboxylic acids is 1. The van der Waals surface area contributed by atoms with Crippen molar-refractivity contribution in [2.24, 2.45) is 0 Å². The van der Waals surface area contributed by atoms with E-state index >= 15 is 0 Å². The number of rotatable bonds is 16. The number of aliphatic carboxylic acids is 1. The van der Waals surface area contributed by atoms with Gasteiger partial charge in [0.15, 0.2) is 0 Å². The molecule has 0 saturated carbocycles. The molecule has 256 valence electrons. The summed E-state index contributed by atoms with van der Waals surface area (Å²) in [5.74, 6) is -1.75. The van der Waals surface area contributed by atoms with Crippen LogP contribution in [0.2, 0.25) is 0 Å². The molecular weight excluding hydrogens is 652 g/mol. The molecule has 13 heteroatoms. The maximum atomic E-state index is 13.2. The fourth-order valence-corrected chi connectivity index (χ4v) is 5.50. The van der Waals surface area contributed by atoms with Crippen LogP contribution in [0.5, 0.6) is 23.0 Å². The summed E-state index contributed by atoms with van der Waals surface area (Å²) in [4.78, 5) is 36.2. The number of aromatic carboxylic acids is 1. The molecule has 0 aliphatic carbocycles. The Labute approximate surface area is 284 Å². The van der Waals surface area contributed by atoms with E-state index < -0.39 is 27.9 Å². The number of nitrogens with one attached hydrogen (secondary N) is 2. The highest BCUT2D eigenvalue weighted by Gasteiger charge is 2.18. The molecule has 0 aromatic heterocycles. The van der Waals surface area contributed by atoms with Gasteiger partial charge in [0, 0.05) is 17.2 Å². The highest BCUT2D eigenvalue weighted by Crippen LogP contribution is 2.31. The van der Waals surface area contributed by atoms with Crippen molar-refractivity contribution < 1.29 is 47.2 Å². The number of unbranched alkanes of at least 4 members (excludes halogenated alkanes) is 1. The first-order chi connectivity index (χ1) is 23.3. The van der Waals surface area contributed by atoms with E-state index in [2.05, 4.69) is 10.0 Å². The smallest absolute Gasteiger partial charge is 0.337 e. The number of sulfonamides is 1. The molecule has 12 nitrogen and oxygen atoms in total. The number of ether oxygens (including phenoxy) is 3. The van der Waals surface area contributed by atoms with E-state index in [1.54, 1.807) is 36.4 Å². The second-order valence-electron chi connectivity index (χ2n) is 11.0. The monoisotopic (exact) mass is 688 g/mol. The Balaban J connectivity index is 1.54. The van der Waals surface area contributed by atoms with Crippen LogP contribution >= 0.6 is 0 Å². The van der Waals surface area contributed by atoms with Crippen LogP contribution in [0.3, 0.4) is 0 Å². The van der Waals surface area contributed by atoms with Gasteiger partial charge in [0.05, 0.1) is 34.5 Å². The lowest BCUT2D eigenvalue weighted by Crippen LogP contribution is -2.15. The van der Waals surface area contributed by atoms with Gasteiger partial charge in [-0.15, -0.1) is 0 Å². The van der Waals surface area contributed by atoms with Crippen LogP contribution in [0, 0.1) is 0 Å². The second-order valence-corrected chi connectivity index (χ2v) is 12.6. The molecule has 0 heterocycles. The third-order valence-corrected chi connectivity index (χ3v) is 8.15. The second kappa shape index (κ2) is 16.3. The van der Waals surface area contributed by atoms with E-state index in [1.165, 1.54) is 54.6 Å². The Morgan fingerprint density at radius 3 is 2.04 bits per heavy atom. The summed E-state index contributed by atoms with van der Waals surface area (Å²) >= 11 is 0. The topological polar surface area (TPSA) is 178 Å². The Morgan fingerprint density at radius 2 is 1.43 bits per heavy atom. The average molecular weight is 689 g/mol. The molecule has 0 saturated heterocycles. The first-order valence-electron chi connectivity index (χ1n) is 15.3. The van der Waals surface area contributed by atoms with Crippen molar-refractivity contribution in [1.29, 1.82) is 0 Å². The summed E-state index contributed by atoms with van der Waals surface area (Å²) in [6.45, 7) is 6.30. The highest BCUT2D eigenvalue weighted by atomic mass is 32.2. The number of carboxylic acid groups (broad SMARTS) is 2. The number of amides is 1. The fourth-order valence-electron chi connectivity index (χ4n) is 4.41.